The molecule has 0 aliphatic heterocycles. The van der Waals surface area contributed by atoms with Crippen molar-refractivity contribution in [1.82, 2.24) is 5.32 Å². The van der Waals surface area contributed by atoms with Crippen LogP contribution in [-0.2, 0) is 11.4 Å². The molecule has 3 aromatic rings. The highest BCUT2D eigenvalue weighted by Gasteiger charge is 2.15. The van der Waals surface area contributed by atoms with Gasteiger partial charge in [-0.3, -0.25) is 4.79 Å². The van der Waals surface area contributed by atoms with E-state index >= 15 is 0 Å². The minimum absolute atomic E-state index is 0.0628. The zero-order valence-corrected chi connectivity index (χ0v) is 22.0. The molecule has 32 heavy (non-hydrogen) atoms. The molecule has 6 heteroatoms. The minimum atomic E-state index is -0.395. The lowest BCUT2D eigenvalue weighted by Gasteiger charge is -2.14. The molecule has 0 radical (unpaired) electrons. The highest BCUT2D eigenvalue weighted by atomic mass is 127. The van der Waals surface area contributed by atoms with Crippen LogP contribution in [0.2, 0.25) is 0 Å². The maximum atomic E-state index is 12.7. The van der Waals surface area contributed by atoms with Gasteiger partial charge in [0.2, 0.25) is 0 Å². The highest BCUT2D eigenvalue weighted by Crippen LogP contribution is 2.30. The standard InChI is InChI=1S/C26H22I2N2O2/c1-17-7-6-8-19(11-17)16-32-25-23(27)13-20(14-24(25)28)12-22(15-29)26(31)30-18(2)21-9-4-3-5-10-21/h3-14,18H,16H2,1-2H3,(H,30,31)/b22-12-/t18-/m0/s1. The maximum absolute atomic E-state index is 12.7. The maximum Gasteiger partial charge on any atom is 0.262 e. The second-order valence-corrected chi connectivity index (χ2v) is 9.69. The van der Waals surface area contributed by atoms with E-state index in [0.717, 1.165) is 29.6 Å². The van der Waals surface area contributed by atoms with Gasteiger partial charge in [0.1, 0.15) is 24.0 Å². The number of amides is 1. The fourth-order valence-electron chi connectivity index (χ4n) is 3.17. The fraction of sp³-hybridized carbons (Fsp3) is 0.154. The van der Waals surface area contributed by atoms with Crippen molar-refractivity contribution in [2.45, 2.75) is 26.5 Å². The van der Waals surface area contributed by atoms with Gasteiger partial charge in [-0.15, -0.1) is 0 Å². The molecule has 1 atom stereocenters. The van der Waals surface area contributed by atoms with Gasteiger partial charge in [-0.2, -0.15) is 5.26 Å². The molecule has 0 unspecified atom stereocenters. The normalized spacial score (nSPS) is 12.0. The molecule has 0 spiro atoms. The Morgan fingerprint density at radius 2 is 1.78 bits per heavy atom. The van der Waals surface area contributed by atoms with Crippen molar-refractivity contribution in [3.8, 4) is 11.8 Å². The molecule has 0 aromatic heterocycles. The summed E-state index contributed by atoms with van der Waals surface area (Å²) in [6.45, 7) is 4.43. The van der Waals surface area contributed by atoms with Crippen LogP contribution in [0.4, 0.5) is 0 Å². The predicted molar refractivity (Wildman–Crippen MR) is 144 cm³/mol. The van der Waals surface area contributed by atoms with Crippen LogP contribution < -0.4 is 10.1 Å². The zero-order chi connectivity index (χ0) is 23.1. The smallest absolute Gasteiger partial charge is 0.262 e. The van der Waals surface area contributed by atoms with E-state index in [0.29, 0.717) is 6.61 Å². The van der Waals surface area contributed by atoms with Crippen molar-refractivity contribution in [3.05, 3.63) is 102 Å². The molecule has 0 aliphatic carbocycles. The van der Waals surface area contributed by atoms with Crippen molar-refractivity contribution < 1.29 is 9.53 Å². The van der Waals surface area contributed by atoms with Crippen LogP contribution in [0.15, 0.2) is 72.3 Å². The number of rotatable bonds is 7. The number of hydrogen-bond donors (Lipinski definition) is 1. The topological polar surface area (TPSA) is 62.1 Å². The van der Waals surface area contributed by atoms with E-state index in [4.69, 9.17) is 4.74 Å². The molecule has 3 aromatic carbocycles. The van der Waals surface area contributed by atoms with Crippen molar-refractivity contribution >= 4 is 57.2 Å². The first-order chi connectivity index (χ1) is 15.4. The average molecular weight is 648 g/mol. The molecule has 0 fully saturated rings. The third-order valence-electron chi connectivity index (χ3n) is 4.81. The van der Waals surface area contributed by atoms with E-state index in [-0.39, 0.29) is 11.6 Å². The van der Waals surface area contributed by atoms with Crippen LogP contribution in [0.3, 0.4) is 0 Å². The molecule has 4 nitrogen and oxygen atoms in total. The Hall–Kier alpha value is -2.38. The number of nitriles is 1. The van der Waals surface area contributed by atoms with E-state index < -0.39 is 5.91 Å². The zero-order valence-electron chi connectivity index (χ0n) is 17.7. The quantitative estimate of drug-likeness (QED) is 0.179. The van der Waals surface area contributed by atoms with Crippen molar-refractivity contribution in [2.24, 2.45) is 0 Å². The van der Waals surface area contributed by atoms with E-state index in [1.54, 1.807) is 6.08 Å². The van der Waals surface area contributed by atoms with Crippen molar-refractivity contribution in [3.63, 3.8) is 0 Å². The van der Waals surface area contributed by atoms with Crippen molar-refractivity contribution in [1.29, 1.82) is 5.26 Å². The van der Waals surface area contributed by atoms with E-state index in [1.807, 2.05) is 67.6 Å². The fourth-order valence-corrected chi connectivity index (χ4v) is 5.30. The third kappa shape index (κ3) is 6.56. The summed E-state index contributed by atoms with van der Waals surface area (Å²) < 4.78 is 7.90. The Balaban J connectivity index is 1.74. The van der Waals surface area contributed by atoms with Gasteiger partial charge in [0.15, 0.2) is 0 Å². The van der Waals surface area contributed by atoms with Crippen LogP contribution in [0.5, 0.6) is 5.75 Å². The third-order valence-corrected chi connectivity index (χ3v) is 6.41. The van der Waals surface area contributed by atoms with E-state index in [9.17, 15) is 10.1 Å². The van der Waals surface area contributed by atoms with Crippen LogP contribution in [0.25, 0.3) is 6.08 Å². The molecule has 1 amide bonds. The Morgan fingerprint density at radius 1 is 1.09 bits per heavy atom. The van der Waals surface area contributed by atoms with Gasteiger partial charge in [0.05, 0.1) is 13.2 Å². The van der Waals surface area contributed by atoms with Gasteiger partial charge < -0.3 is 10.1 Å². The SMILES string of the molecule is Cc1cccc(COc2c(I)cc(/C=C(/C#N)C(=O)N[C@@H](C)c3ccccc3)cc2I)c1. The van der Waals surface area contributed by atoms with Gasteiger partial charge >= 0.3 is 0 Å². The number of carbonyl (C=O) groups excluding carboxylic acids is 1. The van der Waals surface area contributed by atoms with Gasteiger partial charge in [-0.25, -0.2) is 0 Å². The first-order valence-electron chi connectivity index (χ1n) is 10.0. The van der Waals surface area contributed by atoms with Crippen molar-refractivity contribution in [2.75, 3.05) is 0 Å². The second-order valence-electron chi connectivity index (χ2n) is 7.37. The molecule has 0 bridgehead atoms. The number of ether oxygens (including phenoxy) is 1. The first-order valence-corrected chi connectivity index (χ1v) is 12.2. The van der Waals surface area contributed by atoms with Crippen LogP contribution >= 0.6 is 45.2 Å². The molecule has 0 aliphatic rings. The lowest BCUT2D eigenvalue weighted by Crippen LogP contribution is -2.27. The van der Waals surface area contributed by atoms with Gasteiger partial charge in [-0.1, -0.05) is 60.2 Å². The number of halogens is 2. The van der Waals surface area contributed by atoms with E-state index in [2.05, 4.69) is 69.6 Å². The summed E-state index contributed by atoms with van der Waals surface area (Å²) in [4.78, 5) is 12.7. The largest absolute Gasteiger partial charge is 0.487 e. The summed E-state index contributed by atoms with van der Waals surface area (Å²) in [6.07, 6.45) is 1.61. The Kier molecular flexibility index (Phi) is 8.70. The highest BCUT2D eigenvalue weighted by molar-refractivity contribution is 14.1. The summed E-state index contributed by atoms with van der Waals surface area (Å²) in [5, 5.41) is 12.5. The summed E-state index contributed by atoms with van der Waals surface area (Å²) >= 11 is 4.44. The summed E-state index contributed by atoms with van der Waals surface area (Å²) in [7, 11) is 0. The van der Waals surface area contributed by atoms with Crippen LogP contribution in [0.1, 0.15) is 35.2 Å². The molecule has 0 saturated heterocycles. The minimum Gasteiger partial charge on any atom is -0.487 e. The molecule has 162 valence electrons. The first kappa shape index (κ1) is 24.3. The summed E-state index contributed by atoms with van der Waals surface area (Å²) in [6, 6.07) is 23.5. The van der Waals surface area contributed by atoms with Crippen LogP contribution in [0, 0.1) is 25.4 Å². The summed E-state index contributed by atoms with van der Waals surface area (Å²) in [5.41, 5.74) is 4.13. The number of aryl methyl sites for hydroxylation is 1. The number of carbonyl (C=O) groups is 1. The lowest BCUT2D eigenvalue weighted by atomic mass is 10.1. The molecular formula is C26H22I2N2O2. The lowest BCUT2D eigenvalue weighted by molar-refractivity contribution is -0.117. The van der Waals surface area contributed by atoms with Gasteiger partial charge in [0, 0.05) is 0 Å². The van der Waals surface area contributed by atoms with Gasteiger partial charge in [-0.05, 0) is 93.9 Å². The molecule has 0 saturated carbocycles. The number of benzene rings is 3. The molecule has 1 N–H and O–H groups in total. The predicted octanol–water partition coefficient (Wildman–Crippen LogP) is 6.57. The monoisotopic (exact) mass is 648 g/mol. The van der Waals surface area contributed by atoms with E-state index in [1.165, 1.54) is 5.56 Å². The Bertz CT molecular complexity index is 1160. The number of nitrogens with zero attached hydrogens (tertiary/aromatic N) is 1. The second kappa shape index (κ2) is 11.5. The van der Waals surface area contributed by atoms with Gasteiger partial charge in [0.25, 0.3) is 5.91 Å². The molecular weight excluding hydrogens is 626 g/mol. The summed E-state index contributed by atoms with van der Waals surface area (Å²) in [5.74, 6) is 0.402. The Morgan fingerprint density at radius 3 is 2.41 bits per heavy atom. The molecule has 3 rings (SSSR count). The van der Waals surface area contributed by atoms with Crippen LogP contribution in [-0.4, -0.2) is 5.91 Å². The number of hydrogen-bond acceptors (Lipinski definition) is 3. The number of nitrogens with one attached hydrogen (secondary N) is 1. The molecule has 0 heterocycles. The Labute approximate surface area is 216 Å². The average Bonchev–Trinajstić information content (AvgIpc) is 2.77.